The average Bonchev–Trinajstić information content (AvgIpc) is 2.76. The molecule has 3 aromatic rings. The first-order valence-electron chi connectivity index (χ1n) is 10.1. The fraction of sp³-hybridized carbons (Fsp3) is 0.292. The Kier molecular flexibility index (Phi) is 5.39. The van der Waals surface area contributed by atoms with E-state index < -0.39 is 5.56 Å². The number of aryl methyl sites for hydroxylation is 1. The molecule has 0 N–H and O–H groups in total. The quantitative estimate of drug-likeness (QED) is 0.630. The molecule has 0 saturated carbocycles. The molecule has 0 radical (unpaired) electrons. The van der Waals surface area contributed by atoms with Crippen LogP contribution in [0.15, 0.2) is 53.3 Å². The van der Waals surface area contributed by atoms with E-state index in [4.69, 9.17) is 0 Å². The highest BCUT2D eigenvalue weighted by Crippen LogP contribution is 2.30. The summed E-state index contributed by atoms with van der Waals surface area (Å²) < 4.78 is 1.45. The molecular formula is C24H24N4O2. The van der Waals surface area contributed by atoms with Gasteiger partial charge in [-0.15, -0.1) is 0 Å². The highest BCUT2D eigenvalue weighted by Gasteiger charge is 2.24. The number of carbonyl (C=O) groups excluding carboxylic acids is 1. The maximum atomic E-state index is 13.3. The zero-order valence-electron chi connectivity index (χ0n) is 17.3. The SMILES string of the molecule is Cc1ccc2c(c1)c(N1CCN(C)CC1)c(C#N)c(=O)n2CC(=O)c1ccccc1. The van der Waals surface area contributed by atoms with Crippen molar-refractivity contribution in [2.75, 3.05) is 38.1 Å². The largest absolute Gasteiger partial charge is 0.367 e. The number of rotatable bonds is 4. The standard InChI is InChI=1S/C24H24N4O2/c1-17-8-9-21-19(14-17)23(27-12-10-26(2)11-13-27)20(15-25)24(30)28(21)16-22(29)18-6-4-3-5-7-18/h3-9,14H,10-13,16H2,1-2H3. The van der Waals surface area contributed by atoms with Crippen molar-refractivity contribution in [2.45, 2.75) is 13.5 Å². The summed E-state index contributed by atoms with van der Waals surface area (Å²) in [5.41, 5.74) is 2.67. The van der Waals surface area contributed by atoms with Crippen LogP contribution in [-0.4, -0.2) is 48.5 Å². The second-order valence-corrected chi connectivity index (χ2v) is 7.83. The Hall–Kier alpha value is -3.43. The van der Waals surface area contributed by atoms with Crippen molar-refractivity contribution < 1.29 is 4.79 Å². The molecule has 1 saturated heterocycles. The van der Waals surface area contributed by atoms with Crippen molar-refractivity contribution >= 4 is 22.4 Å². The van der Waals surface area contributed by atoms with Gasteiger partial charge in [-0.05, 0) is 26.1 Å². The van der Waals surface area contributed by atoms with Gasteiger partial charge in [-0.1, -0.05) is 42.0 Å². The van der Waals surface area contributed by atoms with Gasteiger partial charge in [0.1, 0.15) is 11.6 Å². The zero-order chi connectivity index (χ0) is 21.3. The number of likely N-dealkylation sites (N-methyl/N-ethyl adjacent to an activating group) is 1. The third-order valence-corrected chi connectivity index (χ3v) is 5.72. The molecule has 6 nitrogen and oxygen atoms in total. The summed E-state index contributed by atoms with van der Waals surface area (Å²) in [4.78, 5) is 30.5. The van der Waals surface area contributed by atoms with Gasteiger partial charge < -0.3 is 9.80 Å². The van der Waals surface area contributed by atoms with E-state index in [2.05, 4.69) is 22.9 Å². The molecular weight excluding hydrogens is 376 g/mol. The van der Waals surface area contributed by atoms with Crippen molar-refractivity contribution in [1.82, 2.24) is 9.47 Å². The van der Waals surface area contributed by atoms with Gasteiger partial charge in [0.25, 0.3) is 5.56 Å². The number of hydrogen-bond acceptors (Lipinski definition) is 5. The molecule has 2 heterocycles. The molecule has 4 rings (SSSR count). The molecule has 0 unspecified atom stereocenters. The number of piperazine rings is 1. The van der Waals surface area contributed by atoms with E-state index in [-0.39, 0.29) is 17.9 Å². The smallest absolute Gasteiger partial charge is 0.271 e. The molecule has 0 aliphatic carbocycles. The molecule has 1 fully saturated rings. The molecule has 6 heteroatoms. The second kappa shape index (κ2) is 8.13. The van der Waals surface area contributed by atoms with Crippen molar-refractivity contribution in [1.29, 1.82) is 5.26 Å². The fourth-order valence-corrected chi connectivity index (χ4v) is 4.03. The van der Waals surface area contributed by atoms with E-state index in [1.165, 1.54) is 4.57 Å². The Bertz CT molecular complexity index is 1200. The molecule has 0 atom stereocenters. The van der Waals surface area contributed by atoms with Gasteiger partial charge in [-0.3, -0.25) is 14.2 Å². The highest BCUT2D eigenvalue weighted by molar-refractivity contribution is 5.99. The normalized spacial score (nSPS) is 14.6. The van der Waals surface area contributed by atoms with E-state index in [0.29, 0.717) is 16.8 Å². The number of aromatic nitrogens is 1. The predicted octanol–water partition coefficient (Wildman–Crippen LogP) is 2.82. The average molecular weight is 400 g/mol. The monoisotopic (exact) mass is 400 g/mol. The van der Waals surface area contributed by atoms with Crippen molar-refractivity contribution in [2.24, 2.45) is 0 Å². The van der Waals surface area contributed by atoms with Crippen molar-refractivity contribution in [3.8, 4) is 6.07 Å². The Morgan fingerprint density at radius 3 is 2.43 bits per heavy atom. The lowest BCUT2D eigenvalue weighted by molar-refractivity contribution is 0.0972. The van der Waals surface area contributed by atoms with Crippen LogP contribution in [0.4, 0.5) is 5.69 Å². The van der Waals surface area contributed by atoms with Gasteiger partial charge in [0.05, 0.1) is 17.7 Å². The summed E-state index contributed by atoms with van der Waals surface area (Å²) in [5, 5.41) is 10.7. The topological polar surface area (TPSA) is 69.3 Å². The van der Waals surface area contributed by atoms with Gasteiger partial charge in [-0.25, -0.2) is 0 Å². The Balaban J connectivity index is 1.90. The number of hydrogen-bond donors (Lipinski definition) is 0. The third kappa shape index (κ3) is 3.60. The van der Waals surface area contributed by atoms with Crippen LogP contribution in [0.1, 0.15) is 21.5 Å². The molecule has 152 valence electrons. The fourth-order valence-electron chi connectivity index (χ4n) is 4.03. The number of pyridine rings is 1. The van der Waals surface area contributed by atoms with Crippen LogP contribution in [-0.2, 0) is 6.54 Å². The predicted molar refractivity (Wildman–Crippen MR) is 118 cm³/mol. The molecule has 1 aromatic heterocycles. The van der Waals surface area contributed by atoms with E-state index in [1.807, 2.05) is 31.2 Å². The summed E-state index contributed by atoms with van der Waals surface area (Å²) in [6.07, 6.45) is 0. The first kappa shape index (κ1) is 19.9. The van der Waals surface area contributed by atoms with E-state index in [1.54, 1.807) is 24.3 Å². The summed E-state index contributed by atoms with van der Waals surface area (Å²) in [7, 11) is 2.07. The van der Waals surface area contributed by atoms with Crippen LogP contribution >= 0.6 is 0 Å². The van der Waals surface area contributed by atoms with E-state index in [9.17, 15) is 14.9 Å². The number of Topliss-reactive ketones (excluding diaryl/α,β-unsaturated/α-hetero) is 1. The number of anilines is 1. The van der Waals surface area contributed by atoms with E-state index >= 15 is 0 Å². The third-order valence-electron chi connectivity index (χ3n) is 5.72. The minimum atomic E-state index is -0.410. The van der Waals surface area contributed by atoms with Gasteiger partial charge in [0.2, 0.25) is 0 Å². The minimum Gasteiger partial charge on any atom is -0.367 e. The van der Waals surface area contributed by atoms with Gasteiger partial charge >= 0.3 is 0 Å². The number of nitriles is 1. The number of carbonyl (C=O) groups is 1. The lowest BCUT2D eigenvalue weighted by Gasteiger charge is -2.35. The number of benzene rings is 2. The van der Waals surface area contributed by atoms with Crippen LogP contribution in [0, 0.1) is 18.3 Å². The molecule has 0 amide bonds. The van der Waals surface area contributed by atoms with Crippen LogP contribution < -0.4 is 10.5 Å². The maximum absolute atomic E-state index is 13.3. The van der Waals surface area contributed by atoms with Crippen molar-refractivity contribution in [3.05, 3.63) is 75.6 Å². The molecule has 30 heavy (non-hydrogen) atoms. The van der Waals surface area contributed by atoms with Crippen LogP contribution in [0.25, 0.3) is 10.9 Å². The Morgan fingerprint density at radius 2 is 1.77 bits per heavy atom. The zero-order valence-corrected chi connectivity index (χ0v) is 17.3. The lowest BCUT2D eigenvalue weighted by atomic mass is 10.0. The maximum Gasteiger partial charge on any atom is 0.271 e. The molecule has 0 bridgehead atoms. The van der Waals surface area contributed by atoms with Gasteiger partial charge in [0, 0.05) is 37.1 Å². The number of ketones is 1. The second-order valence-electron chi connectivity index (χ2n) is 7.83. The Labute approximate surface area is 175 Å². The number of nitrogens with zero attached hydrogens (tertiary/aromatic N) is 4. The van der Waals surface area contributed by atoms with Gasteiger partial charge in [0.15, 0.2) is 5.78 Å². The highest BCUT2D eigenvalue weighted by atomic mass is 16.1. The first-order valence-corrected chi connectivity index (χ1v) is 10.1. The summed E-state index contributed by atoms with van der Waals surface area (Å²) in [6, 6.07) is 16.9. The lowest BCUT2D eigenvalue weighted by Crippen LogP contribution is -2.45. The summed E-state index contributed by atoms with van der Waals surface area (Å²) in [6.45, 7) is 5.13. The minimum absolute atomic E-state index is 0.0971. The molecule has 1 aliphatic rings. The van der Waals surface area contributed by atoms with Crippen molar-refractivity contribution in [3.63, 3.8) is 0 Å². The molecule has 1 aliphatic heterocycles. The summed E-state index contributed by atoms with van der Waals surface area (Å²) in [5.74, 6) is -0.157. The van der Waals surface area contributed by atoms with E-state index in [0.717, 1.165) is 37.1 Å². The van der Waals surface area contributed by atoms with Crippen LogP contribution in [0.5, 0.6) is 0 Å². The number of fused-ring (bicyclic) bond motifs is 1. The van der Waals surface area contributed by atoms with Crippen LogP contribution in [0.2, 0.25) is 0 Å². The molecule has 2 aromatic carbocycles. The molecule has 0 spiro atoms. The Morgan fingerprint density at radius 1 is 1.07 bits per heavy atom. The van der Waals surface area contributed by atoms with Gasteiger partial charge in [-0.2, -0.15) is 5.26 Å². The first-order chi connectivity index (χ1) is 14.5. The summed E-state index contributed by atoms with van der Waals surface area (Å²) >= 11 is 0. The van der Waals surface area contributed by atoms with Crippen LogP contribution in [0.3, 0.4) is 0 Å².